The minimum atomic E-state index is -3.96. The molecule has 0 aliphatic carbocycles. The normalized spacial score (nSPS) is 10.9. The first-order valence-electron chi connectivity index (χ1n) is 5.69. The molecule has 1 aromatic carbocycles. The number of aryl methyl sites for hydroxylation is 1. The van der Waals surface area contributed by atoms with Crippen molar-refractivity contribution in [2.75, 3.05) is 4.72 Å². The Hall–Kier alpha value is -2.37. The van der Waals surface area contributed by atoms with Gasteiger partial charge in [0, 0.05) is 0 Å². The highest BCUT2D eigenvalue weighted by atomic mass is 32.2. The third-order valence-corrected chi connectivity index (χ3v) is 5.19. The molecule has 2 N–H and O–H groups in total. The van der Waals surface area contributed by atoms with Crippen molar-refractivity contribution in [1.29, 1.82) is 5.26 Å². The summed E-state index contributed by atoms with van der Waals surface area (Å²) in [6, 6.07) is 7.25. The average molecular weight is 322 g/mol. The first-order chi connectivity index (χ1) is 9.85. The van der Waals surface area contributed by atoms with Gasteiger partial charge in [-0.15, -0.1) is 11.3 Å². The molecule has 0 aliphatic heterocycles. The quantitative estimate of drug-likeness (QED) is 0.899. The number of nitrogens with zero attached hydrogens (tertiary/aromatic N) is 1. The van der Waals surface area contributed by atoms with Crippen molar-refractivity contribution in [3.63, 3.8) is 0 Å². The first-order valence-corrected chi connectivity index (χ1v) is 8.06. The van der Waals surface area contributed by atoms with Crippen LogP contribution in [0.4, 0.5) is 5.00 Å². The van der Waals surface area contributed by atoms with Crippen LogP contribution in [0.1, 0.15) is 21.5 Å². The van der Waals surface area contributed by atoms with Crippen LogP contribution in [0.3, 0.4) is 0 Å². The van der Waals surface area contributed by atoms with Crippen molar-refractivity contribution in [2.24, 2.45) is 0 Å². The lowest BCUT2D eigenvalue weighted by molar-refractivity contribution is 0.0696. The number of hydrogen-bond acceptors (Lipinski definition) is 5. The third-order valence-electron chi connectivity index (χ3n) is 2.74. The SMILES string of the molecule is Cc1ccc(C(=O)O)cc1S(=O)(=O)Nc1sccc1C#N. The van der Waals surface area contributed by atoms with Gasteiger partial charge in [0.05, 0.1) is 16.0 Å². The standard InChI is InChI=1S/C13H10N2O4S2/c1-8-2-3-9(13(16)17)6-11(8)21(18,19)15-12-10(7-14)4-5-20-12/h2-6,15H,1H3,(H,16,17). The minimum Gasteiger partial charge on any atom is -0.478 e. The fourth-order valence-electron chi connectivity index (χ4n) is 1.68. The molecule has 0 aliphatic rings. The molecule has 0 fully saturated rings. The van der Waals surface area contributed by atoms with Crippen LogP contribution in [-0.4, -0.2) is 19.5 Å². The summed E-state index contributed by atoms with van der Waals surface area (Å²) in [7, 11) is -3.96. The number of carbonyl (C=O) groups is 1. The van der Waals surface area contributed by atoms with Crippen molar-refractivity contribution in [3.8, 4) is 6.07 Å². The highest BCUT2D eigenvalue weighted by molar-refractivity contribution is 7.93. The second-order valence-electron chi connectivity index (χ2n) is 4.17. The van der Waals surface area contributed by atoms with Gasteiger partial charge in [-0.1, -0.05) is 6.07 Å². The molecule has 6 nitrogen and oxygen atoms in total. The molecule has 0 atom stereocenters. The number of carboxylic acids is 1. The van der Waals surface area contributed by atoms with Crippen molar-refractivity contribution < 1.29 is 18.3 Å². The number of hydrogen-bond donors (Lipinski definition) is 2. The zero-order valence-electron chi connectivity index (χ0n) is 10.8. The fourth-order valence-corrected chi connectivity index (χ4v) is 4.02. The Balaban J connectivity index is 2.47. The summed E-state index contributed by atoms with van der Waals surface area (Å²) in [4.78, 5) is 10.8. The lowest BCUT2D eigenvalue weighted by Gasteiger charge is -2.10. The summed E-state index contributed by atoms with van der Waals surface area (Å²) in [6.07, 6.45) is 0. The first kappa shape index (κ1) is 15.0. The van der Waals surface area contributed by atoms with Crippen molar-refractivity contribution in [2.45, 2.75) is 11.8 Å². The number of sulfonamides is 1. The monoisotopic (exact) mass is 322 g/mol. The van der Waals surface area contributed by atoms with Gasteiger partial charge in [-0.05, 0) is 36.1 Å². The van der Waals surface area contributed by atoms with Gasteiger partial charge >= 0.3 is 5.97 Å². The van der Waals surface area contributed by atoms with E-state index < -0.39 is 16.0 Å². The predicted molar refractivity (Wildman–Crippen MR) is 78.0 cm³/mol. The molecule has 8 heteroatoms. The molecule has 2 rings (SSSR count). The Labute approximate surface area is 125 Å². The Morgan fingerprint density at radius 2 is 2.10 bits per heavy atom. The molecule has 0 amide bonds. The molecule has 108 valence electrons. The van der Waals surface area contributed by atoms with Crippen LogP contribution in [0.2, 0.25) is 0 Å². The molecule has 1 aromatic heterocycles. The summed E-state index contributed by atoms with van der Waals surface area (Å²) >= 11 is 1.08. The zero-order chi connectivity index (χ0) is 15.6. The molecule has 0 spiro atoms. The van der Waals surface area contributed by atoms with E-state index in [-0.39, 0.29) is 21.0 Å². The number of aromatic carboxylic acids is 1. The number of rotatable bonds is 4. The molecule has 0 bridgehead atoms. The van der Waals surface area contributed by atoms with E-state index in [4.69, 9.17) is 10.4 Å². The topological polar surface area (TPSA) is 107 Å². The summed E-state index contributed by atoms with van der Waals surface area (Å²) < 4.78 is 27.0. The van der Waals surface area contributed by atoms with E-state index in [1.807, 2.05) is 6.07 Å². The summed E-state index contributed by atoms with van der Waals surface area (Å²) in [6.45, 7) is 1.57. The number of thiophene rings is 1. The average Bonchev–Trinajstić information content (AvgIpc) is 2.85. The van der Waals surface area contributed by atoms with Crippen LogP contribution in [0.5, 0.6) is 0 Å². The predicted octanol–water partition coefficient (Wildman–Crippen LogP) is 2.43. The lowest BCUT2D eigenvalue weighted by atomic mass is 10.1. The van der Waals surface area contributed by atoms with Gasteiger partial charge in [0.25, 0.3) is 10.0 Å². The van der Waals surface area contributed by atoms with Gasteiger partial charge in [-0.3, -0.25) is 4.72 Å². The lowest BCUT2D eigenvalue weighted by Crippen LogP contribution is -2.15. The number of benzene rings is 1. The Morgan fingerprint density at radius 1 is 1.38 bits per heavy atom. The molecule has 0 unspecified atom stereocenters. The molecule has 2 aromatic rings. The van der Waals surface area contributed by atoms with E-state index in [1.54, 1.807) is 12.3 Å². The van der Waals surface area contributed by atoms with Crippen LogP contribution >= 0.6 is 11.3 Å². The van der Waals surface area contributed by atoms with E-state index in [0.717, 1.165) is 17.4 Å². The van der Waals surface area contributed by atoms with Gasteiger partial charge in [-0.2, -0.15) is 5.26 Å². The zero-order valence-corrected chi connectivity index (χ0v) is 12.5. The molecule has 0 saturated carbocycles. The summed E-state index contributed by atoms with van der Waals surface area (Å²) in [5.74, 6) is -1.21. The van der Waals surface area contributed by atoms with Crippen molar-refractivity contribution in [1.82, 2.24) is 0 Å². The van der Waals surface area contributed by atoms with Crippen LogP contribution < -0.4 is 4.72 Å². The van der Waals surface area contributed by atoms with E-state index >= 15 is 0 Å². The molecule has 1 heterocycles. The maximum atomic E-state index is 12.4. The van der Waals surface area contributed by atoms with E-state index in [9.17, 15) is 13.2 Å². The smallest absolute Gasteiger partial charge is 0.335 e. The Bertz CT molecular complexity index is 847. The highest BCUT2D eigenvalue weighted by Gasteiger charge is 2.21. The summed E-state index contributed by atoms with van der Waals surface area (Å²) in [5, 5.41) is 19.6. The maximum Gasteiger partial charge on any atom is 0.335 e. The second-order valence-corrected chi connectivity index (χ2v) is 6.73. The molecule has 21 heavy (non-hydrogen) atoms. The van der Waals surface area contributed by atoms with Gasteiger partial charge < -0.3 is 5.11 Å². The van der Waals surface area contributed by atoms with Crippen LogP contribution in [-0.2, 0) is 10.0 Å². The van der Waals surface area contributed by atoms with Gasteiger partial charge in [0.1, 0.15) is 11.1 Å². The third kappa shape index (κ3) is 3.04. The van der Waals surface area contributed by atoms with E-state index in [1.165, 1.54) is 18.2 Å². The summed E-state index contributed by atoms with van der Waals surface area (Å²) in [5.41, 5.74) is 0.519. The second kappa shape index (κ2) is 5.55. The minimum absolute atomic E-state index is 0.118. The highest BCUT2D eigenvalue weighted by Crippen LogP contribution is 2.27. The number of anilines is 1. The molecule has 0 saturated heterocycles. The van der Waals surface area contributed by atoms with Gasteiger partial charge in [0.15, 0.2) is 0 Å². The molecular formula is C13H10N2O4S2. The van der Waals surface area contributed by atoms with Gasteiger partial charge in [0.2, 0.25) is 0 Å². The Morgan fingerprint density at radius 3 is 2.71 bits per heavy atom. The van der Waals surface area contributed by atoms with Crippen LogP contribution in [0.25, 0.3) is 0 Å². The van der Waals surface area contributed by atoms with Crippen molar-refractivity contribution in [3.05, 3.63) is 46.3 Å². The number of carboxylic acid groups (broad SMARTS) is 1. The number of nitriles is 1. The fraction of sp³-hybridized carbons (Fsp3) is 0.0769. The molecular weight excluding hydrogens is 312 g/mol. The maximum absolute atomic E-state index is 12.4. The van der Waals surface area contributed by atoms with Crippen LogP contribution in [0, 0.1) is 18.3 Å². The van der Waals surface area contributed by atoms with E-state index in [2.05, 4.69) is 4.72 Å². The largest absolute Gasteiger partial charge is 0.478 e. The van der Waals surface area contributed by atoms with Crippen LogP contribution in [0.15, 0.2) is 34.5 Å². The Kier molecular flexibility index (Phi) is 3.97. The number of nitrogens with one attached hydrogen (secondary N) is 1. The van der Waals surface area contributed by atoms with Crippen molar-refractivity contribution >= 4 is 32.3 Å². The van der Waals surface area contributed by atoms with E-state index in [0.29, 0.717) is 5.56 Å². The molecule has 0 radical (unpaired) electrons. The van der Waals surface area contributed by atoms with Gasteiger partial charge in [-0.25, -0.2) is 13.2 Å².